The van der Waals surface area contributed by atoms with E-state index < -0.39 is 6.61 Å². The predicted molar refractivity (Wildman–Crippen MR) is 74.5 cm³/mol. The second kappa shape index (κ2) is 6.86. The van der Waals surface area contributed by atoms with Crippen molar-refractivity contribution in [2.45, 2.75) is 19.7 Å². The third kappa shape index (κ3) is 4.20. The van der Waals surface area contributed by atoms with Crippen molar-refractivity contribution in [1.82, 2.24) is 5.32 Å². The molecule has 5 heteroatoms. The Balaban J connectivity index is 1.84. The fraction of sp³-hybridized carbons (Fsp3) is 0.200. The highest BCUT2D eigenvalue weighted by Crippen LogP contribution is 2.15. The molecule has 0 fully saturated rings. The van der Waals surface area contributed by atoms with E-state index in [0.29, 0.717) is 13.1 Å². The van der Waals surface area contributed by atoms with Crippen molar-refractivity contribution in [3.63, 3.8) is 0 Å². The number of halogens is 2. The smallest absolute Gasteiger partial charge is 0.387 e. The Labute approximate surface area is 116 Å². The molecular formula is C15H16F2N2O. The van der Waals surface area contributed by atoms with Gasteiger partial charge in [-0.25, -0.2) is 0 Å². The molecule has 2 aromatic carbocycles. The lowest BCUT2D eigenvalue weighted by Crippen LogP contribution is -2.13. The van der Waals surface area contributed by atoms with Crippen molar-refractivity contribution < 1.29 is 13.5 Å². The van der Waals surface area contributed by atoms with Crippen LogP contribution in [0.2, 0.25) is 0 Å². The highest BCUT2D eigenvalue weighted by atomic mass is 19.3. The summed E-state index contributed by atoms with van der Waals surface area (Å²) in [5.41, 5.74) is 8.61. The van der Waals surface area contributed by atoms with Crippen molar-refractivity contribution in [1.29, 1.82) is 0 Å². The van der Waals surface area contributed by atoms with Gasteiger partial charge in [0.15, 0.2) is 0 Å². The lowest BCUT2D eigenvalue weighted by Gasteiger charge is -2.08. The van der Waals surface area contributed by atoms with E-state index in [2.05, 4.69) is 10.1 Å². The van der Waals surface area contributed by atoms with Gasteiger partial charge in [0.25, 0.3) is 0 Å². The molecule has 3 nitrogen and oxygen atoms in total. The molecule has 0 radical (unpaired) electrons. The number of alkyl halides is 2. The fourth-order valence-corrected chi connectivity index (χ4v) is 1.83. The average Bonchev–Trinajstić information content (AvgIpc) is 2.42. The Morgan fingerprint density at radius 1 is 1.00 bits per heavy atom. The molecule has 0 aliphatic carbocycles. The van der Waals surface area contributed by atoms with Crippen LogP contribution in [0.15, 0.2) is 48.5 Å². The second-order valence-electron chi connectivity index (χ2n) is 4.32. The minimum atomic E-state index is -2.79. The van der Waals surface area contributed by atoms with Gasteiger partial charge in [-0.3, -0.25) is 0 Å². The number of rotatable bonds is 6. The van der Waals surface area contributed by atoms with Crippen LogP contribution < -0.4 is 15.8 Å². The van der Waals surface area contributed by atoms with Gasteiger partial charge in [-0.2, -0.15) is 8.78 Å². The van der Waals surface area contributed by atoms with Gasteiger partial charge < -0.3 is 15.8 Å². The van der Waals surface area contributed by atoms with E-state index in [0.717, 1.165) is 16.8 Å². The summed E-state index contributed by atoms with van der Waals surface area (Å²) in [5, 5.41) is 3.25. The third-order valence-corrected chi connectivity index (χ3v) is 2.85. The van der Waals surface area contributed by atoms with E-state index in [1.165, 1.54) is 12.1 Å². The summed E-state index contributed by atoms with van der Waals surface area (Å²) in [6.45, 7) is -1.51. The van der Waals surface area contributed by atoms with Crippen LogP contribution in [-0.4, -0.2) is 6.61 Å². The standard InChI is InChI=1S/C15H16F2N2O/c16-15(17)20-13-7-5-11(6-8-13)9-19-10-12-3-1-2-4-14(12)18/h1-8,15,19H,9-10,18H2. The Morgan fingerprint density at radius 3 is 2.35 bits per heavy atom. The molecular weight excluding hydrogens is 262 g/mol. The number of para-hydroxylation sites is 1. The summed E-state index contributed by atoms with van der Waals surface area (Å²) >= 11 is 0. The predicted octanol–water partition coefficient (Wildman–Crippen LogP) is 3.16. The van der Waals surface area contributed by atoms with Crippen LogP contribution in [0.3, 0.4) is 0 Å². The maximum Gasteiger partial charge on any atom is 0.387 e. The van der Waals surface area contributed by atoms with Crippen molar-refractivity contribution in [2.75, 3.05) is 5.73 Å². The largest absolute Gasteiger partial charge is 0.435 e. The van der Waals surface area contributed by atoms with Gasteiger partial charge in [-0.05, 0) is 29.3 Å². The number of anilines is 1. The Bertz CT molecular complexity index is 544. The van der Waals surface area contributed by atoms with Crippen LogP contribution in [0.5, 0.6) is 5.75 Å². The summed E-state index contributed by atoms with van der Waals surface area (Å²) in [7, 11) is 0. The fourth-order valence-electron chi connectivity index (χ4n) is 1.83. The molecule has 0 heterocycles. The minimum absolute atomic E-state index is 0.163. The zero-order valence-corrected chi connectivity index (χ0v) is 10.9. The van der Waals surface area contributed by atoms with Crippen molar-refractivity contribution >= 4 is 5.69 Å². The van der Waals surface area contributed by atoms with Gasteiger partial charge in [0.2, 0.25) is 0 Å². The normalized spacial score (nSPS) is 10.8. The number of hydrogen-bond donors (Lipinski definition) is 2. The summed E-state index contributed by atoms with van der Waals surface area (Å²) < 4.78 is 28.3. The maximum atomic E-state index is 12.0. The highest BCUT2D eigenvalue weighted by molar-refractivity contribution is 5.46. The molecule has 3 N–H and O–H groups in total. The average molecular weight is 278 g/mol. The molecule has 0 aliphatic rings. The minimum Gasteiger partial charge on any atom is -0.435 e. The molecule has 20 heavy (non-hydrogen) atoms. The number of nitrogens with two attached hydrogens (primary N) is 1. The first-order valence-corrected chi connectivity index (χ1v) is 6.23. The van der Waals surface area contributed by atoms with E-state index in [-0.39, 0.29) is 5.75 Å². The Kier molecular flexibility index (Phi) is 4.90. The van der Waals surface area contributed by atoms with Crippen molar-refractivity contribution in [3.8, 4) is 5.75 Å². The van der Waals surface area contributed by atoms with Crippen LogP contribution in [0, 0.1) is 0 Å². The van der Waals surface area contributed by atoms with Gasteiger partial charge in [0.1, 0.15) is 5.75 Å². The van der Waals surface area contributed by atoms with Gasteiger partial charge in [0.05, 0.1) is 0 Å². The molecule has 0 spiro atoms. The molecule has 0 amide bonds. The van der Waals surface area contributed by atoms with Crippen molar-refractivity contribution in [3.05, 3.63) is 59.7 Å². The molecule has 0 aromatic heterocycles. The molecule has 2 aromatic rings. The number of ether oxygens (including phenoxy) is 1. The van der Waals surface area contributed by atoms with Gasteiger partial charge in [-0.15, -0.1) is 0 Å². The van der Waals surface area contributed by atoms with Gasteiger partial charge in [-0.1, -0.05) is 30.3 Å². The van der Waals surface area contributed by atoms with E-state index in [1.807, 2.05) is 24.3 Å². The molecule has 0 bridgehead atoms. The zero-order chi connectivity index (χ0) is 14.4. The highest BCUT2D eigenvalue weighted by Gasteiger charge is 2.03. The first-order valence-electron chi connectivity index (χ1n) is 6.23. The Morgan fingerprint density at radius 2 is 1.70 bits per heavy atom. The third-order valence-electron chi connectivity index (χ3n) is 2.85. The summed E-state index contributed by atoms with van der Waals surface area (Å²) in [4.78, 5) is 0. The van der Waals surface area contributed by atoms with E-state index in [1.54, 1.807) is 12.1 Å². The van der Waals surface area contributed by atoms with Crippen molar-refractivity contribution in [2.24, 2.45) is 0 Å². The first-order chi connectivity index (χ1) is 9.65. The number of benzene rings is 2. The maximum absolute atomic E-state index is 12.0. The molecule has 2 rings (SSSR count). The molecule has 106 valence electrons. The second-order valence-corrected chi connectivity index (χ2v) is 4.32. The SMILES string of the molecule is Nc1ccccc1CNCc1ccc(OC(F)F)cc1. The Hall–Kier alpha value is -2.14. The molecule has 0 unspecified atom stereocenters. The quantitative estimate of drug-likeness (QED) is 0.798. The molecule has 0 saturated heterocycles. The lowest BCUT2D eigenvalue weighted by atomic mass is 10.1. The van der Waals surface area contributed by atoms with Crippen LogP contribution in [-0.2, 0) is 13.1 Å². The zero-order valence-electron chi connectivity index (χ0n) is 10.9. The van der Waals surface area contributed by atoms with E-state index in [4.69, 9.17) is 5.73 Å². The monoisotopic (exact) mass is 278 g/mol. The van der Waals surface area contributed by atoms with Crippen LogP contribution >= 0.6 is 0 Å². The summed E-state index contributed by atoms with van der Waals surface area (Å²) in [6, 6.07) is 14.2. The van der Waals surface area contributed by atoms with Gasteiger partial charge >= 0.3 is 6.61 Å². The summed E-state index contributed by atoms with van der Waals surface area (Å²) in [5.74, 6) is 0.163. The van der Waals surface area contributed by atoms with Crippen LogP contribution in [0.25, 0.3) is 0 Å². The topological polar surface area (TPSA) is 47.3 Å². The first kappa shape index (κ1) is 14.3. The molecule has 0 atom stereocenters. The molecule has 0 aliphatic heterocycles. The molecule has 0 saturated carbocycles. The van der Waals surface area contributed by atoms with Crippen LogP contribution in [0.4, 0.5) is 14.5 Å². The van der Waals surface area contributed by atoms with E-state index in [9.17, 15) is 8.78 Å². The van der Waals surface area contributed by atoms with Crippen LogP contribution in [0.1, 0.15) is 11.1 Å². The van der Waals surface area contributed by atoms with Gasteiger partial charge in [0, 0.05) is 18.8 Å². The number of nitrogens with one attached hydrogen (secondary N) is 1. The lowest BCUT2D eigenvalue weighted by molar-refractivity contribution is -0.0498. The summed E-state index contributed by atoms with van der Waals surface area (Å²) in [6.07, 6.45) is 0. The number of hydrogen-bond acceptors (Lipinski definition) is 3. The van der Waals surface area contributed by atoms with E-state index >= 15 is 0 Å². The number of nitrogen functional groups attached to an aromatic ring is 1.